The highest BCUT2D eigenvalue weighted by Gasteiger charge is 2.65. The second kappa shape index (κ2) is 12.9. The maximum atomic E-state index is 11.8. The number of nitrogens with zero attached hydrogens (tertiary/aromatic N) is 1. The van der Waals surface area contributed by atoms with Gasteiger partial charge in [-0.2, -0.15) is 0 Å². The van der Waals surface area contributed by atoms with E-state index >= 15 is 0 Å². The molecule has 7 bridgehead atoms. The molecule has 4 spiro atoms. The van der Waals surface area contributed by atoms with E-state index < -0.39 is 35.2 Å². The molecular weight excluding hydrogens is 630 g/mol. The first-order valence-electron chi connectivity index (χ1n) is 20.1. The van der Waals surface area contributed by atoms with Crippen LogP contribution < -0.4 is 0 Å². The summed E-state index contributed by atoms with van der Waals surface area (Å²) < 4.78 is 35.1. The number of fused-ring (bicyclic) bond motifs is 6. The molecule has 6 saturated heterocycles. The van der Waals surface area contributed by atoms with E-state index in [1.807, 2.05) is 13.0 Å². The Morgan fingerprint density at radius 2 is 1.64 bits per heavy atom. The highest BCUT2D eigenvalue weighted by molar-refractivity contribution is 5.91. The van der Waals surface area contributed by atoms with Gasteiger partial charge in [-0.25, -0.2) is 0 Å². The lowest BCUT2D eigenvalue weighted by molar-refractivity contribution is -0.403. The maximum absolute atomic E-state index is 11.8. The van der Waals surface area contributed by atoms with E-state index in [0.29, 0.717) is 43.9 Å². The van der Waals surface area contributed by atoms with E-state index in [2.05, 4.69) is 40.0 Å². The highest BCUT2D eigenvalue weighted by Crippen LogP contribution is 2.59. The molecule has 8 heteroatoms. The third-order valence-corrected chi connectivity index (χ3v) is 14.7. The monoisotopic (exact) mass is 693 g/mol. The van der Waals surface area contributed by atoms with Crippen LogP contribution in [0.1, 0.15) is 130 Å². The van der Waals surface area contributed by atoms with Gasteiger partial charge in [0.2, 0.25) is 5.79 Å². The molecule has 14 atom stereocenters. The molecular formula is C42H63NO7. The van der Waals surface area contributed by atoms with Crippen molar-refractivity contribution in [3.63, 3.8) is 0 Å². The van der Waals surface area contributed by atoms with E-state index in [1.165, 1.54) is 16.9 Å². The third kappa shape index (κ3) is 5.95. The normalized spacial score (nSPS) is 52.6. The zero-order chi connectivity index (χ0) is 35.1. The second-order valence-corrected chi connectivity index (χ2v) is 18.3. The molecule has 1 aliphatic carbocycles. The molecule has 0 amide bonds. The fourth-order valence-electron chi connectivity index (χ4n) is 11.5. The number of aliphatic hydroxyl groups is 2. The van der Waals surface area contributed by atoms with Crippen LogP contribution >= 0.6 is 0 Å². The second-order valence-electron chi connectivity index (χ2n) is 18.3. The Hall–Kier alpha value is -1.39. The number of aliphatic hydroxyl groups excluding tert-OH is 1. The smallest absolute Gasteiger partial charge is 0.200 e. The lowest BCUT2D eigenvalue weighted by Gasteiger charge is -2.50. The SMILES string of the molecule is C=CC1=CC2C3OC4(CC5CCCC6(CCC7(OC(CCC7(C)O)CC(=C)CCCC7=NCC(C)C(C)CC72CC1)O6)O5)CC(C)C(O)C3O4. The molecule has 50 heavy (non-hydrogen) atoms. The topological polar surface area (TPSA) is 99.0 Å². The fraction of sp³-hybridized carbons (Fsp3) is 0.833. The number of ether oxygens (including phenoxy) is 5. The van der Waals surface area contributed by atoms with E-state index in [4.69, 9.17) is 28.7 Å². The third-order valence-electron chi connectivity index (χ3n) is 14.7. The molecule has 7 aliphatic heterocycles. The summed E-state index contributed by atoms with van der Waals surface area (Å²) in [5.74, 6) is -1.72. The summed E-state index contributed by atoms with van der Waals surface area (Å²) >= 11 is 0. The number of allylic oxidation sites excluding steroid dienone is 2. The van der Waals surface area contributed by atoms with Crippen molar-refractivity contribution in [1.82, 2.24) is 0 Å². The first kappa shape index (κ1) is 35.6. The Labute approximate surface area is 300 Å². The molecule has 278 valence electrons. The summed E-state index contributed by atoms with van der Waals surface area (Å²) in [6.45, 7) is 18.4. The summed E-state index contributed by atoms with van der Waals surface area (Å²) in [6, 6.07) is 0. The van der Waals surface area contributed by atoms with E-state index in [9.17, 15) is 10.2 Å². The van der Waals surface area contributed by atoms with Gasteiger partial charge in [-0.05, 0) is 95.3 Å². The summed E-state index contributed by atoms with van der Waals surface area (Å²) in [5, 5.41) is 23.6. The van der Waals surface area contributed by atoms with Crippen LogP contribution in [0.15, 0.2) is 41.4 Å². The van der Waals surface area contributed by atoms with Crippen LogP contribution in [-0.4, -0.2) is 76.0 Å². The minimum atomic E-state index is -1.11. The summed E-state index contributed by atoms with van der Waals surface area (Å²) in [4.78, 5) is 5.49. The molecule has 0 radical (unpaired) electrons. The Bertz CT molecular complexity index is 1410. The van der Waals surface area contributed by atoms with Gasteiger partial charge in [-0.3, -0.25) is 4.99 Å². The number of rotatable bonds is 1. The molecule has 0 aromatic heterocycles. The van der Waals surface area contributed by atoms with Gasteiger partial charge in [-0.1, -0.05) is 57.2 Å². The predicted molar refractivity (Wildman–Crippen MR) is 192 cm³/mol. The maximum Gasteiger partial charge on any atom is 0.200 e. The summed E-state index contributed by atoms with van der Waals surface area (Å²) in [7, 11) is 0. The molecule has 8 aliphatic rings. The van der Waals surface area contributed by atoms with Crippen LogP contribution in [0.5, 0.6) is 0 Å². The van der Waals surface area contributed by atoms with Crippen molar-refractivity contribution in [3.8, 4) is 0 Å². The Kier molecular flexibility index (Phi) is 9.18. The number of aliphatic imine (C=N–C) groups is 1. The predicted octanol–water partition coefficient (Wildman–Crippen LogP) is 7.72. The highest BCUT2D eigenvalue weighted by atomic mass is 16.8. The van der Waals surface area contributed by atoms with Gasteiger partial charge in [-0.15, -0.1) is 0 Å². The number of hydrogen-bond acceptors (Lipinski definition) is 8. The minimum absolute atomic E-state index is 0.0133. The van der Waals surface area contributed by atoms with Gasteiger partial charge in [0.25, 0.3) is 0 Å². The van der Waals surface area contributed by atoms with Gasteiger partial charge in [0.1, 0.15) is 11.7 Å². The van der Waals surface area contributed by atoms with Crippen molar-refractivity contribution in [2.45, 2.75) is 184 Å². The largest absolute Gasteiger partial charge is 0.390 e. The van der Waals surface area contributed by atoms with Crippen molar-refractivity contribution in [2.24, 2.45) is 34.1 Å². The van der Waals surface area contributed by atoms with Gasteiger partial charge in [0.15, 0.2) is 11.6 Å². The Morgan fingerprint density at radius 3 is 2.46 bits per heavy atom. The fourth-order valence-corrected chi connectivity index (χ4v) is 11.5. The molecule has 0 aromatic rings. The molecule has 8 rings (SSSR count). The summed E-state index contributed by atoms with van der Waals surface area (Å²) in [5.41, 5.74) is 2.47. The zero-order valence-electron chi connectivity index (χ0n) is 31.2. The van der Waals surface area contributed by atoms with Gasteiger partial charge in [0.05, 0.1) is 24.4 Å². The first-order valence-corrected chi connectivity index (χ1v) is 20.1. The van der Waals surface area contributed by atoms with Crippen LogP contribution in [0.4, 0.5) is 0 Å². The first-order chi connectivity index (χ1) is 23.8. The molecule has 8 nitrogen and oxygen atoms in total. The van der Waals surface area contributed by atoms with Crippen molar-refractivity contribution >= 4 is 5.71 Å². The quantitative estimate of drug-likeness (QED) is 0.272. The van der Waals surface area contributed by atoms with Crippen molar-refractivity contribution in [1.29, 1.82) is 0 Å². The number of hydrogen-bond donors (Lipinski definition) is 2. The van der Waals surface area contributed by atoms with Crippen LogP contribution in [0.25, 0.3) is 0 Å². The summed E-state index contributed by atoms with van der Waals surface area (Å²) in [6.07, 6.45) is 16.0. The van der Waals surface area contributed by atoms with E-state index in [1.54, 1.807) is 0 Å². The molecule has 6 fully saturated rings. The van der Waals surface area contributed by atoms with Crippen LogP contribution in [0.3, 0.4) is 0 Å². The zero-order valence-corrected chi connectivity index (χ0v) is 31.2. The van der Waals surface area contributed by atoms with Crippen LogP contribution in [0.2, 0.25) is 0 Å². The van der Waals surface area contributed by atoms with Gasteiger partial charge >= 0.3 is 0 Å². The van der Waals surface area contributed by atoms with E-state index in [-0.39, 0.29) is 35.6 Å². The Morgan fingerprint density at radius 1 is 0.820 bits per heavy atom. The lowest BCUT2D eigenvalue weighted by atomic mass is 9.57. The average Bonchev–Trinajstić information content (AvgIpc) is 3.55. The van der Waals surface area contributed by atoms with Crippen molar-refractivity contribution in [2.75, 3.05) is 6.54 Å². The van der Waals surface area contributed by atoms with Gasteiger partial charge < -0.3 is 33.9 Å². The molecule has 7 heterocycles. The molecule has 0 saturated carbocycles. The molecule has 14 unspecified atom stereocenters. The van der Waals surface area contributed by atoms with Crippen LogP contribution in [0, 0.1) is 29.1 Å². The lowest BCUT2D eigenvalue weighted by Crippen LogP contribution is -2.60. The molecule has 2 N–H and O–H groups in total. The average molecular weight is 694 g/mol. The molecule has 0 aromatic carbocycles. The van der Waals surface area contributed by atoms with Gasteiger partial charge in [0, 0.05) is 55.7 Å². The van der Waals surface area contributed by atoms with Crippen molar-refractivity contribution in [3.05, 3.63) is 36.5 Å². The standard InChI is InChI=1S/C42H63NO7/c1-7-30-13-17-39-22-27(3)29(5)25-43-34(39)12-8-10-26(2)20-31-14-16-38(6,45)42(47-31)19-18-40(50-42)15-9-11-32(46-40)24-41-23-28(4)35(44)37(49-41)36(48-41)33(39)21-30/h7,21,27-29,31-33,35-37,44-45H,1-2,8-20,22-25H2,3-6H3. The Balaban J connectivity index is 1.20. The van der Waals surface area contributed by atoms with Crippen LogP contribution in [-0.2, 0) is 23.7 Å². The van der Waals surface area contributed by atoms with Crippen molar-refractivity contribution < 1.29 is 33.9 Å². The minimum Gasteiger partial charge on any atom is -0.390 e. The van der Waals surface area contributed by atoms with E-state index in [0.717, 1.165) is 77.2 Å².